The van der Waals surface area contributed by atoms with Crippen LogP contribution in [0.2, 0.25) is 0 Å². The maximum absolute atomic E-state index is 13.4. The van der Waals surface area contributed by atoms with Crippen molar-refractivity contribution in [1.82, 2.24) is 5.32 Å². The van der Waals surface area contributed by atoms with Gasteiger partial charge in [0.2, 0.25) is 5.91 Å². The summed E-state index contributed by atoms with van der Waals surface area (Å²) in [5.41, 5.74) is 5.32. The number of nitrogens with two attached hydrogens (primary N) is 1. The molecule has 0 saturated carbocycles. The Morgan fingerprint density at radius 1 is 1.39 bits per heavy atom. The topological polar surface area (TPSA) is 55.1 Å². The van der Waals surface area contributed by atoms with E-state index in [9.17, 15) is 13.6 Å². The lowest BCUT2D eigenvalue weighted by atomic mass is 10.1. The first-order valence-electron chi connectivity index (χ1n) is 5.97. The zero-order valence-electron chi connectivity index (χ0n) is 10.4. The van der Waals surface area contributed by atoms with Gasteiger partial charge in [0.15, 0.2) is 0 Å². The van der Waals surface area contributed by atoms with Gasteiger partial charge in [-0.05, 0) is 44.5 Å². The minimum absolute atomic E-state index is 0.269. The zero-order valence-corrected chi connectivity index (χ0v) is 10.4. The molecule has 0 aromatic heterocycles. The van der Waals surface area contributed by atoms with Gasteiger partial charge in [-0.2, -0.15) is 0 Å². The van der Waals surface area contributed by atoms with Gasteiger partial charge in [0.1, 0.15) is 11.6 Å². The lowest BCUT2D eigenvalue weighted by molar-refractivity contribution is -0.118. The molecule has 5 heteroatoms. The number of unbranched alkanes of at least 4 members (excludes halogenated alkanes) is 1. The molecule has 0 aliphatic heterocycles. The molecule has 0 fully saturated rings. The Kier molecular flexibility index (Phi) is 5.71. The number of hydrogen-bond acceptors (Lipinski definition) is 2. The summed E-state index contributed by atoms with van der Waals surface area (Å²) in [7, 11) is 0. The van der Waals surface area contributed by atoms with Crippen LogP contribution in [0.5, 0.6) is 0 Å². The third-order valence-electron chi connectivity index (χ3n) is 2.73. The van der Waals surface area contributed by atoms with E-state index in [-0.39, 0.29) is 11.9 Å². The molecule has 1 unspecified atom stereocenters. The average molecular weight is 256 g/mol. The third-order valence-corrected chi connectivity index (χ3v) is 2.73. The molecule has 1 rings (SSSR count). The molecule has 100 valence electrons. The summed E-state index contributed by atoms with van der Waals surface area (Å²) in [4.78, 5) is 10.5. The number of nitrogens with one attached hydrogen (secondary N) is 1. The second-order valence-corrected chi connectivity index (χ2v) is 4.27. The summed E-state index contributed by atoms with van der Waals surface area (Å²) in [6.45, 7) is 2.40. The van der Waals surface area contributed by atoms with Crippen LogP contribution in [0.15, 0.2) is 18.2 Å². The maximum atomic E-state index is 13.4. The minimum atomic E-state index is -0.450. The number of benzene rings is 1. The fourth-order valence-electron chi connectivity index (χ4n) is 1.70. The molecule has 0 bridgehead atoms. The van der Waals surface area contributed by atoms with Gasteiger partial charge in [0.25, 0.3) is 0 Å². The SMILES string of the molecule is CC(NCCCCC(N)=O)c1cc(F)ccc1F. The van der Waals surface area contributed by atoms with E-state index in [0.717, 1.165) is 18.6 Å². The van der Waals surface area contributed by atoms with Crippen LogP contribution in [0.25, 0.3) is 0 Å². The van der Waals surface area contributed by atoms with Gasteiger partial charge in [0.05, 0.1) is 0 Å². The third kappa shape index (κ3) is 4.79. The fraction of sp³-hybridized carbons (Fsp3) is 0.462. The second-order valence-electron chi connectivity index (χ2n) is 4.27. The molecule has 1 aromatic carbocycles. The van der Waals surface area contributed by atoms with E-state index in [1.165, 1.54) is 6.07 Å². The number of carbonyl (C=O) groups is 1. The minimum Gasteiger partial charge on any atom is -0.370 e. The Bertz CT molecular complexity index is 410. The summed E-state index contributed by atoms with van der Waals surface area (Å²) < 4.78 is 26.4. The first kappa shape index (κ1) is 14.6. The fourth-order valence-corrected chi connectivity index (χ4v) is 1.70. The van der Waals surface area contributed by atoms with Gasteiger partial charge in [-0.15, -0.1) is 0 Å². The normalized spacial score (nSPS) is 12.4. The Labute approximate surface area is 105 Å². The highest BCUT2D eigenvalue weighted by Crippen LogP contribution is 2.17. The quantitative estimate of drug-likeness (QED) is 0.735. The molecular formula is C13H18F2N2O. The smallest absolute Gasteiger partial charge is 0.217 e. The molecule has 0 spiro atoms. The van der Waals surface area contributed by atoms with Crippen molar-refractivity contribution in [2.24, 2.45) is 5.73 Å². The monoisotopic (exact) mass is 256 g/mol. The van der Waals surface area contributed by atoms with Crippen molar-refractivity contribution in [2.75, 3.05) is 6.54 Å². The molecule has 3 N–H and O–H groups in total. The first-order chi connectivity index (χ1) is 8.50. The van der Waals surface area contributed by atoms with E-state index in [1.807, 2.05) is 0 Å². The summed E-state index contributed by atoms with van der Waals surface area (Å²) in [5.74, 6) is -1.19. The van der Waals surface area contributed by atoms with Crippen molar-refractivity contribution in [3.63, 3.8) is 0 Å². The van der Waals surface area contributed by atoms with Crippen molar-refractivity contribution in [2.45, 2.75) is 32.2 Å². The molecule has 1 atom stereocenters. The number of rotatable bonds is 7. The van der Waals surface area contributed by atoms with E-state index in [0.29, 0.717) is 24.9 Å². The van der Waals surface area contributed by atoms with Crippen LogP contribution in [-0.2, 0) is 4.79 Å². The van der Waals surface area contributed by atoms with Crippen molar-refractivity contribution < 1.29 is 13.6 Å². The predicted molar refractivity (Wildman–Crippen MR) is 65.8 cm³/mol. The summed E-state index contributed by atoms with van der Waals surface area (Å²) in [6, 6.07) is 3.14. The van der Waals surface area contributed by atoms with Crippen LogP contribution in [0.3, 0.4) is 0 Å². The Morgan fingerprint density at radius 2 is 2.11 bits per heavy atom. The van der Waals surface area contributed by atoms with Gasteiger partial charge in [-0.3, -0.25) is 4.79 Å². The first-order valence-corrected chi connectivity index (χ1v) is 5.97. The van der Waals surface area contributed by atoms with E-state index >= 15 is 0 Å². The van der Waals surface area contributed by atoms with Crippen LogP contribution in [0.4, 0.5) is 8.78 Å². The Hall–Kier alpha value is -1.49. The highest BCUT2D eigenvalue weighted by atomic mass is 19.1. The summed E-state index contributed by atoms with van der Waals surface area (Å²) in [6.07, 6.45) is 1.81. The summed E-state index contributed by atoms with van der Waals surface area (Å²) >= 11 is 0. The largest absolute Gasteiger partial charge is 0.370 e. The number of amides is 1. The van der Waals surface area contributed by atoms with Gasteiger partial charge in [-0.25, -0.2) is 8.78 Å². The average Bonchev–Trinajstić information content (AvgIpc) is 2.31. The number of halogens is 2. The molecule has 0 saturated heterocycles. The van der Waals surface area contributed by atoms with Crippen LogP contribution in [0.1, 0.15) is 37.8 Å². The van der Waals surface area contributed by atoms with E-state index in [2.05, 4.69) is 5.32 Å². The number of primary amides is 1. The van der Waals surface area contributed by atoms with Crippen molar-refractivity contribution >= 4 is 5.91 Å². The summed E-state index contributed by atoms with van der Waals surface area (Å²) in [5, 5.41) is 3.08. The lowest BCUT2D eigenvalue weighted by Crippen LogP contribution is -2.21. The molecule has 18 heavy (non-hydrogen) atoms. The Morgan fingerprint density at radius 3 is 2.78 bits per heavy atom. The predicted octanol–water partition coefficient (Wildman–Crippen LogP) is 2.27. The van der Waals surface area contributed by atoms with Gasteiger partial charge < -0.3 is 11.1 Å². The highest BCUT2D eigenvalue weighted by Gasteiger charge is 2.11. The molecule has 0 heterocycles. The van der Waals surface area contributed by atoms with Crippen LogP contribution >= 0.6 is 0 Å². The van der Waals surface area contributed by atoms with E-state index < -0.39 is 11.6 Å². The zero-order chi connectivity index (χ0) is 13.5. The van der Waals surface area contributed by atoms with Gasteiger partial charge >= 0.3 is 0 Å². The highest BCUT2D eigenvalue weighted by molar-refractivity contribution is 5.73. The molecule has 1 amide bonds. The maximum Gasteiger partial charge on any atom is 0.217 e. The Balaban J connectivity index is 2.38. The van der Waals surface area contributed by atoms with E-state index in [1.54, 1.807) is 6.92 Å². The van der Waals surface area contributed by atoms with Crippen LogP contribution in [-0.4, -0.2) is 12.5 Å². The molecule has 1 aromatic rings. The molecule has 3 nitrogen and oxygen atoms in total. The van der Waals surface area contributed by atoms with E-state index in [4.69, 9.17) is 5.73 Å². The standard InChI is InChI=1S/C13H18F2N2O/c1-9(17-7-3-2-4-13(16)18)11-8-10(14)5-6-12(11)15/h5-6,8-9,17H,2-4,7H2,1H3,(H2,16,18). The van der Waals surface area contributed by atoms with Crippen LogP contribution in [0, 0.1) is 11.6 Å². The molecule has 0 aliphatic carbocycles. The second kappa shape index (κ2) is 7.06. The number of hydrogen-bond donors (Lipinski definition) is 2. The van der Waals surface area contributed by atoms with Crippen LogP contribution < -0.4 is 11.1 Å². The van der Waals surface area contributed by atoms with Gasteiger partial charge in [-0.1, -0.05) is 0 Å². The van der Waals surface area contributed by atoms with Gasteiger partial charge in [0, 0.05) is 18.0 Å². The number of carbonyl (C=O) groups excluding carboxylic acids is 1. The van der Waals surface area contributed by atoms with Crippen molar-refractivity contribution in [3.05, 3.63) is 35.4 Å². The molecular weight excluding hydrogens is 238 g/mol. The molecule has 0 aliphatic rings. The van der Waals surface area contributed by atoms with Crippen molar-refractivity contribution in [1.29, 1.82) is 0 Å². The molecule has 0 radical (unpaired) electrons. The van der Waals surface area contributed by atoms with Crippen molar-refractivity contribution in [3.8, 4) is 0 Å². The lowest BCUT2D eigenvalue weighted by Gasteiger charge is -2.15.